The van der Waals surface area contributed by atoms with Crippen molar-refractivity contribution < 1.29 is 13.3 Å². The lowest BCUT2D eigenvalue weighted by Gasteiger charge is -2.23. The summed E-state index contributed by atoms with van der Waals surface area (Å²) in [4.78, 5) is 10.4. The molecule has 0 aliphatic carbocycles. The molecule has 1 heterocycles. The van der Waals surface area contributed by atoms with E-state index >= 15 is 0 Å². The van der Waals surface area contributed by atoms with E-state index in [1.807, 2.05) is 6.07 Å². The summed E-state index contributed by atoms with van der Waals surface area (Å²) in [5, 5.41) is 14.0. The summed E-state index contributed by atoms with van der Waals surface area (Å²) >= 11 is 3.25. The van der Waals surface area contributed by atoms with Gasteiger partial charge in [-0.25, -0.2) is 8.42 Å². The van der Waals surface area contributed by atoms with Gasteiger partial charge in [0.15, 0.2) is 0 Å². The Morgan fingerprint density at radius 2 is 1.95 bits per heavy atom. The minimum atomic E-state index is -2.86. The van der Waals surface area contributed by atoms with Crippen molar-refractivity contribution in [2.24, 2.45) is 0 Å². The molecule has 1 aliphatic heterocycles. The third-order valence-electron chi connectivity index (χ3n) is 3.30. The first-order valence-corrected chi connectivity index (χ1v) is 8.85. The zero-order chi connectivity index (χ0) is 14.8. The molecule has 0 radical (unpaired) electrons. The molecule has 20 heavy (non-hydrogen) atoms. The third kappa shape index (κ3) is 4.26. The minimum absolute atomic E-state index is 0.0439. The molecule has 0 aromatic heterocycles. The van der Waals surface area contributed by atoms with Crippen LogP contribution in [0.2, 0.25) is 0 Å². The molecule has 0 amide bonds. The Kier molecular flexibility index (Phi) is 4.77. The molecule has 1 fully saturated rings. The van der Waals surface area contributed by atoms with Gasteiger partial charge in [0.2, 0.25) is 0 Å². The highest BCUT2D eigenvalue weighted by molar-refractivity contribution is 9.10. The Morgan fingerprint density at radius 3 is 2.55 bits per heavy atom. The molecule has 0 atom stereocenters. The largest absolute Gasteiger partial charge is 0.310 e. The SMILES string of the molecule is O=[N+]([O-])c1cc(Br)cc(CNC2CCS(=O)(=O)CC2)c1. The van der Waals surface area contributed by atoms with Crippen LogP contribution in [0.3, 0.4) is 0 Å². The second-order valence-corrected chi connectivity index (χ2v) is 8.10. The van der Waals surface area contributed by atoms with Gasteiger partial charge in [0.1, 0.15) is 9.84 Å². The highest BCUT2D eigenvalue weighted by Gasteiger charge is 2.23. The number of hydrogen-bond donors (Lipinski definition) is 1. The average Bonchev–Trinajstić information content (AvgIpc) is 2.37. The van der Waals surface area contributed by atoms with Gasteiger partial charge in [0, 0.05) is 29.2 Å². The van der Waals surface area contributed by atoms with Gasteiger partial charge < -0.3 is 5.32 Å². The predicted octanol–water partition coefficient (Wildman–Crippen LogP) is 2.02. The van der Waals surface area contributed by atoms with Gasteiger partial charge in [-0.05, 0) is 24.5 Å². The fraction of sp³-hybridized carbons (Fsp3) is 0.500. The van der Waals surface area contributed by atoms with Gasteiger partial charge in [-0.15, -0.1) is 0 Å². The van der Waals surface area contributed by atoms with E-state index in [1.165, 1.54) is 12.1 Å². The highest BCUT2D eigenvalue weighted by atomic mass is 79.9. The zero-order valence-corrected chi connectivity index (χ0v) is 13.1. The number of nitro groups is 1. The molecule has 1 N–H and O–H groups in total. The molecule has 1 aromatic rings. The summed E-state index contributed by atoms with van der Waals surface area (Å²) in [5.41, 5.74) is 0.849. The van der Waals surface area contributed by atoms with Crippen LogP contribution in [0.5, 0.6) is 0 Å². The van der Waals surface area contributed by atoms with Crippen LogP contribution in [0.15, 0.2) is 22.7 Å². The first-order valence-electron chi connectivity index (χ1n) is 6.23. The van der Waals surface area contributed by atoms with Gasteiger partial charge in [0.25, 0.3) is 5.69 Å². The summed E-state index contributed by atoms with van der Waals surface area (Å²) in [6.07, 6.45) is 1.19. The number of sulfone groups is 1. The summed E-state index contributed by atoms with van der Waals surface area (Å²) in [7, 11) is -2.86. The number of nitro benzene ring substituents is 1. The van der Waals surface area contributed by atoms with Crippen molar-refractivity contribution in [1.29, 1.82) is 0 Å². The highest BCUT2D eigenvalue weighted by Crippen LogP contribution is 2.22. The molecule has 0 spiro atoms. The Morgan fingerprint density at radius 1 is 1.30 bits per heavy atom. The third-order valence-corrected chi connectivity index (χ3v) is 5.48. The van der Waals surface area contributed by atoms with Gasteiger partial charge in [0.05, 0.1) is 16.4 Å². The fourth-order valence-electron chi connectivity index (χ4n) is 2.20. The second-order valence-electron chi connectivity index (χ2n) is 4.88. The molecule has 6 nitrogen and oxygen atoms in total. The Labute approximate surface area is 125 Å². The number of halogens is 1. The molecule has 0 bridgehead atoms. The number of non-ortho nitro benzene ring substituents is 1. The lowest BCUT2D eigenvalue weighted by atomic mass is 10.1. The van der Waals surface area contributed by atoms with Crippen molar-refractivity contribution >= 4 is 31.5 Å². The molecule has 1 aromatic carbocycles. The van der Waals surface area contributed by atoms with Crippen LogP contribution < -0.4 is 5.32 Å². The summed E-state index contributed by atoms with van der Waals surface area (Å²) < 4.78 is 23.3. The minimum Gasteiger partial charge on any atom is -0.310 e. The molecule has 8 heteroatoms. The fourth-order valence-corrected chi connectivity index (χ4v) is 4.22. The second kappa shape index (κ2) is 6.19. The van der Waals surface area contributed by atoms with Crippen LogP contribution in [-0.4, -0.2) is 30.9 Å². The van der Waals surface area contributed by atoms with E-state index in [4.69, 9.17) is 0 Å². The van der Waals surface area contributed by atoms with Crippen LogP contribution in [0.1, 0.15) is 18.4 Å². The van der Waals surface area contributed by atoms with E-state index in [2.05, 4.69) is 21.2 Å². The normalized spacial score (nSPS) is 18.9. The van der Waals surface area contributed by atoms with Crippen molar-refractivity contribution in [3.8, 4) is 0 Å². The lowest BCUT2D eigenvalue weighted by molar-refractivity contribution is -0.385. The van der Waals surface area contributed by atoms with E-state index in [1.54, 1.807) is 0 Å². The lowest BCUT2D eigenvalue weighted by Crippen LogP contribution is -2.37. The monoisotopic (exact) mass is 362 g/mol. The van der Waals surface area contributed by atoms with Crippen molar-refractivity contribution in [3.63, 3.8) is 0 Å². The molecular formula is C12H15BrN2O4S. The molecular weight excluding hydrogens is 348 g/mol. The van der Waals surface area contributed by atoms with Crippen molar-refractivity contribution in [1.82, 2.24) is 5.32 Å². The van der Waals surface area contributed by atoms with E-state index in [0.29, 0.717) is 23.9 Å². The van der Waals surface area contributed by atoms with Crippen molar-refractivity contribution in [2.45, 2.75) is 25.4 Å². The first kappa shape index (κ1) is 15.4. The van der Waals surface area contributed by atoms with E-state index < -0.39 is 14.8 Å². The van der Waals surface area contributed by atoms with Crippen LogP contribution in [0.25, 0.3) is 0 Å². The number of rotatable bonds is 4. The summed E-state index contributed by atoms with van der Waals surface area (Å²) in [5.74, 6) is 0.423. The molecule has 1 aliphatic rings. The van der Waals surface area contributed by atoms with Gasteiger partial charge >= 0.3 is 0 Å². The molecule has 1 saturated heterocycles. The summed E-state index contributed by atoms with van der Waals surface area (Å²) in [6, 6.07) is 4.95. The Hall–Kier alpha value is -0.990. The summed E-state index contributed by atoms with van der Waals surface area (Å²) in [6.45, 7) is 0.491. The maximum absolute atomic E-state index is 11.3. The number of nitrogens with one attached hydrogen (secondary N) is 1. The zero-order valence-electron chi connectivity index (χ0n) is 10.7. The maximum Gasteiger partial charge on any atom is 0.270 e. The average molecular weight is 363 g/mol. The predicted molar refractivity (Wildman–Crippen MR) is 79.3 cm³/mol. The van der Waals surface area contributed by atoms with E-state index in [9.17, 15) is 18.5 Å². The van der Waals surface area contributed by atoms with Crippen LogP contribution >= 0.6 is 15.9 Å². The van der Waals surface area contributed by atoms with Gasteiger partial charge in [-0.3, -0.25) is 10.1 Å². The molecule has 0 unspecified atom stereocenters. The first-order chi connectivity index (χ1) is 9.35. The number of nitrogens with zero attached hydrogens (tertiary/aromatic N) is 1. The standard InChI is InChI=1S/C12H15BrN2O4S/c13-10-5-9(6-12(7-10)15(16)17)8-14-11-1-3-20(18,19)4-2-11/h5-7,11,14H,1-4,8H2. The number of hydrogen-bond acceptors (Lipinski definition) is 5. The van der Waals surface area contributed by atoms with Gasteiger partial charge in [-0.2, -0.15) is 0 Å². The Bertz CT molecular complexity index is 604. The smallest absolute Gasteiger partial charge is 0.270 e. The molecule has 2 rings (SSSR count). The van der Waals surface area contributed by atoms with Crippen LogP contribution in [-0.2, 0) is 16.4 Å². The van der Waals surface area contributed by atoms with Crippen molar-refractivity contribution in [2.75, 3.05) is 11.5 Å². The van der Waals surface area contributed by atoms with E-state index in [0.717, 1.165) is 5.56 Å². The van der Waals surface area contributed by atoms with Crippen molar-refractivity contribution in [3.05, 3.63) is 38.3 Å². The quantitative estimate of drug-likeness (QED) is 0.653. The van der Waals surface area contributed by atoms with Crippen LogP contribution in [0, 0.1) is 10.1 Å². The molecule has 110 valence electrons. The topological polar surface area (TPSA) is 89.3 Å². The Balaban J connectivity index is 1.96. The van der Waals surface area contributed by atoms with Gasteiger partial charge in [-0.1, -0.05) is 15.9 Å². The number of benzene rings is 1. The molecule has 0 saturated carbocycles. The maximum atomic E-state index is 11.3. The van der Waals surface area contributed by atoms with E-state index in [-0.39, 0.29) is 23.2 Å². The van der Waals surface area contributed by atoms with Crippen LogP contribution in [0.4, 0.5) is 5.69 Å².